The number of aromatic nitrogens is 3. The average molecular weight is 206 g/mol. The molecule has 80 valence electrons. The molecule has 5 heteroatoms. The number of H-pyrrole nitrogens is 1. The molecule has 0 amide bonds. The van der Waals surface area contributed by atoms with Gasteiger partial charge in [0.15, 0.2) is 0 Å². The molecule has 0 unspecified atom stereocenters. The van der Waals surface area contributed by atoms with E-state index >= 15 is 0 Å². The molecule has 0 saturated heterocycles. The lowest BCUT2D eigenvalue weighted by Gasteiger charge is -2.03. The zero-order chi connectivity index (χ0) is 10.8. The monoisotopic (exact) mass is 206 g/mol. The predicted molar refractivity (Wildman–Crippen MR) is 57.0 cm³/mol. The van der Waals surface area contributed by atoms with Crippen LogP contribution in [0.2, 0.25) is 0 Å². The third-order valence-corrected chi connectivity index (χ3v) is 2.19. The molecular weight excluding hydrogens is 192 g/mol. The Morgan fingerprint density at radius 1 is 1.53 bits per heavy atom. The fourth-order valence-electron chi connectivity index (χ4n) is 1.53. The Morgan fingerprint density at radius 3 is 2.93 bits per heavy atom. The van der Waals surface area contributed by atoms with Gasteiger partial charge in [0.05, 0.1) is 5.69 Å². The van der Waals surface area contributed by atoms with Crippen LogP contribution in [0, 0.1) is 5.92 Å². The maximum absolute atomic E-state index is 5.73. The van der Waals surface area contributed by atoms with E-state index < -0.39 is 0 Å². The summed E-state index contributed by atoms with van der Waals surface area (Å²) in [5.41, 5.74) is 8.29. The van der Waals surface area contributed by atoms with Crippen molar-refractivity contribution in [2.24, 2.45) is 5.92 Å². The maximum Gasteiger partial charge on any atom is 0.225 e. The van der Waals surface area contributed by atoms with Crippen molar-refractivity contribution in [3.8, 4) is 11.4 Å². The number of nitrogens with one attached hydrogen (secondary N) is 1. The molecule has 5 nitrogen and oxygen atoms in total. The molecule has 0 aromatic carbocycles. The van der Waals surface area contributed by atoms with Gasteiger partial charge < -0.3 is 10.3 Å². The Balaban J connectivity index is 2.40. The first-order chi connectivity index (χ1) is 7.18. The quantitative estimate of drug-likeness (QED) is 0.803. The van der Waals surface area contributed by atoms with E-state index in [1.807, 2.05) is 6.07 Å². The van der Waals surface area contributed by atoms with E-state index in [9.17, 15) is 0 Å². The van der Waals surface area contributed by atoms with Crippen LogP contribution in [0.4, 0.5) is 5.88 Å². The lowest BCUT2D eigenvalue weighted by Crippen LogP contribution is -1.98. The number of nitrogen functional groups attached to an aromatic ring is 1. The normalized spacial score (nSPS) is 11.1. The number of aromatic amines is 1. The second-order valence-electron chi connectivity index (χ2n) is 3.94. The van der Waals surface area contributed by atoms with Crippen LogP contribution in [0.1, 0.15) is 19.4 Å². The molecule has 2 heterocycles. The van der Waals surface area contributed by atoms with E-state index in [1.165, 1.54) is 0 Å². The van der Waals surface area contributed by atoms with Crippen molar-refractivity contribution in [2.75, 3.05) is 5.73 Å². The topological polar surface area (TPSA) is 80.7 Å². The highest BCUT2D eigenvalue weighted by Crippen LogP contribution is 2.27. The summed E-state index contributed by atoms with van der Waals surface area (Å²) in [6.07, 6.45) is 2.53. The van der Waals surface area contributed by atoms with Gasteiger partial charge in [0.25, 0.3) is 0 Å². The van der Waals surface area contributed by atoms with Gasteiger partial charge in [-0.15, -0.1) is 0 Å². The maximum atomic E-state index is 5.73. The van der Waals surface area contributed by atoms with Gasteiger partial charge >= 0.3 is 0 Å². The Morgan fingerprint density at radius 2 is 2.33 bits per heavy atom. The van der Waals surface area contributed by atoms with E-state index in [2.05, 4.69) is 29.2 Å². The number of hydrogen-bond acceptors (Lipinski definition) is 4. The van der Waals surface area contributed by atoms with Crippen molar-refractivity contribution in [1.29, 1.82) is 0 Å². The highest BCUT2D eigenvalue weighted by molar-refractivity contribution is 5.63. The molecule has 0 aliphatic heterocycles. The van der Waals surface area contributed by atoms with Gasteiger partial charge in [-0.2, -0.15) is 5.10 Å². The molecule has 0 aliphatic carbocycles. The number of nitrogens with zero attached hydrogens (tertiary/aromatic N) is 2. The first-order valence-electron chi connectivity index (χ1n) is 4.92. The zero-order valence-corrected chi connectivity index (χ0v) is 8.82. The van der Waals surface area contributed by atoms with Gasteiger partial charge in [0.1, 0.15) is 5.69 Å². The molecule has 3 N–H and O–H groups in total. The van der Waals surface area contributed by atoms with Gasteiger partial charge in [0.2, 0.25) is 5.88 Å². The summed E-state index contributed by atoms with van der Waals surface area (Å²) in [6, 6.07) is 1.85. The van der Waals surface area contributed by atoms with Crippen LogP contribution in [0.25, 0.3) is 11.4 Å². The first-order valence-corrected chi connectivity index (χ1v) is 4.92. The van der Waals surface area contributed by atoms with E-state index in [0.717, 1.165) is 23.4 Å². The van der Waals surface area contributed by atoms with Crippen molar-refractivity contribution in [1.82, 2.24) is 15.4 Å². The van der Waals surface area contributed by atoms with Crippen molar-refractivity contribution < 1.29 is 4.52 Å². The number of rotatable bonds is 3. The second-order valence-corrected chi connectivity index (χ2v) is 3.94. The zero-order valence-electron chi connectivity index (χ0n) is 8.82. The molecule has 0 fully saturated rings. The fraction of sp³-hybridized carbons (Fsp3) is 0.400. The number of hydrogen-bond donors (Lipinski definition) is 2. The predicted octanol–water partition coefficient (Wildman–Crippen LogP) is 1.85. The van der Waals surface area contributed by atoms with Crippen LogP contribution in [0.3, 0.4) is 0 Å². The van der Waals surface area contributed by atoms with Crippen molar-refractivity contribution in [3.05, 3.63) is 17.8 Å². The van der Waals surface area contributed by atoms with Crippen LogP contribution in [0.5, 0.6) is 0 Å². The van der Waals surface area contributed by atoms with Crippen LogP contribution in [-0.4, -0.2) is 15.4 Å². The Kier molecular flexibility index (Phi) is 2.45. The van der Waals surface area contributed by atoms with E-state index in [1.54, 1.807) is 6.20 Å². The fourth-order valence-corrected chi connectivity index (χ4v) is 1.53. The number of nitrogens with two attached hydrogens (primary N) is 1. The second kappa shape index (κ2) is 3.76. The van der Waals surface area contributed by atoms with Crippen LogP contribution in [-0.2, 0) is 6.42 Å². The molecule has 2 aromatic heterocycles. The van der Waals surface area contributed by atoms with Gasteiger partial charge in [-0.05, 0) is 18.4 Å². The van der Waals surface area contributed by atoms with Crippen molar-refractivity contribution >= 4 is 5.88 Å². The van der Waals surface area contributed by atoms with Crippen LogP contribution < -0.4 is 5.73 Å². The molecule has 0 atom stereocenters. The van der Waals surface area contributed by atoms with Crippen LogP contribution >= 0.6 is 0 Å². The minimum Gasteiger partial charge on any atom is -0.367 e. The molecule has 15 heavy (non-hydrogen) atoms. The van der Waals surface area contributed by atoms with E-state index in [-0.39, 0.29) is 0 Å². The van der Waals surface area contributed by atoms with E-state index in [4.69, 9.17) is 10.3 Å². The minimum atomic E-state index is 0.397. The highest BCUT2D eigenvalue weighted by atomic mass is 16.5. The summed E-state index contributed by atoms with van der Waals surface area (Å²) >= 11 is 0. The Hall–Kier alpha value is -1.78. The summed E-state index contributed by atoms with van der Waals surface area (Å²) in [7, 11) is 0. The summed E-state index contributed by atoms with van der Waals surface area (Å²) in [5.74, 6) is 0.904. The molecule has 0 spiro atoms. The van der Waals surface area contributed by atoms with E-state index in [0.29, 0.717) is 11.8 Å². The minimum absolute atomic E-state index is 0.397. The van der Waals surface area contributed by atoms with Gasteiger partial charge in [-0.1, -0.05) is 19.0 Å². The Labute approximate surface area is 87.7 Å². The SMILES string of the molecule is CC(C)Cc1c(-c2ccn[nH]2)noc1N. The molecule has 0 saturated carbocycles. The standard InChI is InChI=1S/C10H14N4O/c1-6(2)5-7-9(14-15-10(7)11)8-3-4-12-13-8/h3-4,6H,5,11H2,1-2H3,(H,12,13). The lowest BCUT2D eigenvalue weighted by molar-refractivity contribution is 0.438. The summed E-state index contributed by atoms with van der Waals surface area (Å²) in [4.78, 5) is 0. The highest BCUT2D eigenvalue weighted by Gasteiger charge is 2.17. The van der Waals surface area contributed by atoms with Gasteiger partial charge in [0, 0.05) is 11.8 Å². The summed E-state index contributed by atoms with van der Waals surface area (Å²) in [6.45, 7) is 4.26. The third-order valence-electron chi connectivity index (χ3n) is 2.19. The van der Waals surface area contributed by atoms with Crippen molar-refractivity contribution in [3.63, 3.8) is 0 Å². The molecule has 0 radical (unpaired) electrons. The molecule has 0 aliphatic rings. The molecular formula is C10H14N4O. The molecule has 0 bridgehead atoms. The summed E-state index contributed by atoms with van der Waals surface area (Å²) < 4.78 is 5.00. The Bertz CT molecular complexity index is 430. The van der Waals surface area contributed by atoms with Crippen LogP contribution in [0.15, 0.2) is 16.8 Å². The van der Waals surface area contributed by atoms with Crippen molar-refractivity contribution in [2.45, 2.75) is 20.3 Å². The molecule has 2 rings (SSSR count). The first kappa shape index (κ1) is 9.76. The number of anilines is 1. The summed E-state index contributed by atoms with van der Waals surface area (Å²) in [5, 5.41) is 10.7. The van der Waals surface area contributed by atoms with Gasteiger partial charge in [-0.3, -0.25) is 5.10 Å². The lowest BCUT2D eigenvalue weighted by atomic mass is 10.0. The van der Waals surface area contributed by atoms with Gasteiger partial charge in [-0.25, -0.2) is 0 Å². The largest absolute Gasteiger partial charge is 0.367 e. The average Bonchev–Trinajstić information content (AvgIpc) is 2.76. The third kappa shape index (κ3) is 1.86. The smallest absolute Gasteiger partial charge is 0.225 e. The molecule has 2 aromatic rings.